The van der Waals surface area contributed by atoms with Crippen LogP contribution in [0.4, 0.5) is 0 Å². The second kappa shape index (κ2) is 8.65. The highest BCUT2D eigenvalue weighted by atomic mass is 32.2. The number of carbonyl (C=O) groups excluding carboxylic acids is 1. The van der Waals surface area contributed by atoms with Gasteiger partial charge in [-0.3, -0.25) is 4.79 Å². The largest absolute Gasteiger partial charge is 0.497 e. The van der Waals surface area contributed by atoms with Crippen molar-refractivity contribution in [1.29, 1.82) is 0 Å². The van der Waals surface area contributed by atoms with Gasteiger partial charge in [-0.2, -0.15) is 0 Å². The molecule has 8 heteroatoms. The molecule has 1 aromatic heterocycles. The van der Waals surface area contributed by atoms with Crippen LogP contribution in [0.15, 0.2) is 23.4 Å². The van der Waals surface area contributed by atoms with Crippen molar-refractivity contribution in [3.63, 3.8) is 0 Å². The lowest BCUT2D eigenvalue weighted by Gasteiger charge is -2.18. The third kappa shape index (κ3) is 4.55. The molecule has 27 heavy (non-hydrogen) atoms. The van der Waals surface area contributed by atoms with E-state index in [1.165, 1.54) is 24.6 Å². The van der Waals surface area contributed by atoms with Gasteiger partial charge in [0, 0.05) is 18.0 Å². The van der Waals surface area contributed by atoms with Crippen LogP contribution in [0.25, 0.3) is 0 Å². The van der Waals surface area contributed by atoms with Gasteiger partial charge in [-0.15, -0.1) is 10.2 Å². The van der Waals surface area contributed by atoms with E-state index in [2.05, 4.69) is 27.0 Å². The van der Waals surface area contributed by atoms with Crippen LogP contribution in [0.2, 0.25) is 0 Å². The predicted octanol–water partition coefficient (Wildman–Crippen LogP) is 3.16. The standard InChI is InChI=1S/C19H26N4O3S/c1-5-23-18(13-6-7-13)21-22-19(23)27-11-17(24)20-12(2)15-10-14(25-3)8-9-16(15)26-4/h8-10,12-13H,5-7,11H2,1-4H3,(H,20,24)/t12-/m0/s1. The zero-order valence-corrected chi connectivity index (χ0v) is 17.0. The molecule has 1 heterocycles. The summed E-state index contributed by atoms with van der Waals surface area (Å²) in [5, 5.41) is 12.4. The minimum absolute atomic E-state index is 0.0593. The summed E-state index contributed by atoms with van der Waals surface area (Å²) in [6, 6.07) is 5.36. The number of amides is 1. The molecule has 7 nitrogen and oxygen atoms in total. The Hall–Kier alpha value is -2.22. The Balaban J connectivity index is 1.61. The van der Waals surface area contributed by atoms with E-state index < -0.39 is 0 Å². The van der Waals surface area contributed by atoms with Crippen LogP contribution in [0.3, 0.4) is 0 Å². The minimum Gasteiger partial charge on any atom is -0.497 e. The number of hydrogen-bond acceptors (Lipinski definition) is 6. The van der Waals surface area contributed by atoms with Gasteiger partial charge in [0.2, 0.25) is 5.91 Å². The number of aromatic nitrogens is 3. The quantitative estimate of drug-likeness (QED) is 0.663. The van der Waals surface area contributed by atoms with Gasteiger partial charge in [0.25, 0.3) is 0 Å². The van der Waals surface area contributed by atoms with Crippen molar-refractivity contribution in [2.24, 2.45) is 0 Å². The summed E-state index contributed by atoms with van der Waals surface area (Å²) < 4.78 is 12.8. The van der Waals surface area contributed by atoms with Crippen molar-refractivity contribution in [2.45, 2.75) is 50.4 Å². The van der Waals surface area contributed by atoms with Crippen molar-refractivity contribution < 1.29 is 14.3 Å². The Labute approximate surface area is 163 Å². The molecular formula is C19H26N4O3S. The molecule has 0 aliphatic heterocycles. The SMILES string of the molecule is CCn1c(SCC(=O)N[C@@H](C)c2cc(OC)ccc2OC)nnc1C1CC1. The third-order valence-corrected chi connectivity index (χ3v) is 5.58. The average molecular weight is 391 g/mol. The van der Waals surface area contributed by atoms with E-state index in [1.54, 1.807) is 14.2 Å². The van der Waals surface area contributed by atoms with Gasteiger partial charge in [-0.1, -0.05) is 11.8 Å². The van der Waals surface area contributed by atoms with Gasteiger partial charge in [-0.25, -0.2) is 0 Å². The molecule has 3 rings (SSSR count). The van der Waals surface area contributed by atoms with Crippen molar-refractivity contribution in [3.05, 3.63) is 29.6 Å². The molecule has 1 aliphatic carbocycles. The molecule has 0 saturated heterocycles. The molecule has 0 bridgehead atoms. The Morgan fingerprint density at radius 1 is 1.33 bits per heavy atom. The lowest BCUT2D eigenvalue weighted by molar-refractivity contribution is -0.119. The van der Waals surface area contributed by atoms with Crippen molar-refractivity contribution in [1.82, 2.24) is 20.1 Å². The maximum absolute atomic E-state index is 12.4. The number of rotatable bonds is 9. The van der Waals surface area contributed by atoms with Crippen molar-refractivity contribution in [3.8, 4) is 11.5 Å². The molecule has 1 aromatic carbocycles. The van der Waals surface area contributed by atoms with Crippen molar-refractivity contribution >= 4 is 17.7 Å². The Morgan fingerprint density at radius 3 is 2.74 bits per heavy atom. The summed E-state index contributed by atoms with van der Waals surface area (Å²) in [7, 11) is 3.23. The van der Waals surface area contributed by atoms with Gasteiger partial charge in [0.1, 0.15) is 17.3 Å². The highest BCUT2D eigenvalue weighted by Crippen LogP contribution is 2.40. The van der Waals surface area contributed by atoms with Crippen LogP contribution < -0.4 is 14.8 Å². The lowest BCUT2D eigenvalue weighted by atomic mass is 10.1. The maximum atomic E-state index is 12.4. The van der Waals surface area contributed by atoms with E-state index in [0.717, 1.165) is 34.6 Å². The van der Waals surface area contributed by atoms with Gasteiger partial charge >= 0.3 is 0 Å². The number of methoxy groups -OCH3 is 2. The van der Waals surface area contributed by atoms with Crippen molar-refractivity contribution in [2.75, 3.05) is 20.0 Å². The minimum atomic E-state index is -0.200. The molecule has 1 N–H and O–H groups in total. The Kier molecular flexibility index (Phi) is 6.26. The highest BCUT2D eigenvalue weighted by molar-refractivity contribution is 7.99. The molecule has 1 aliphatic rings. The lowest BCUT2D eigenvalue weighted by Crippen LogP contribution is -2.28. The number of nitrogens with zero attached hydrogens (tertiary/aromatic N) is 3. The first-order valence-corrected chi connectivity index (χ1v) is 10.1. The monoisotopic (exact) mass is 390 g/mol. The van der Waals surface area contributed by atoms with Gasteiger partial charge in [0.05, 0.1) is 26.0 Å². The molecule has 1 atom stereocenters. The fourth-order valence-electron chi connectivity index (χ4n) is 3.02. The molecule has 0 radical (unpaired) electrons. The Bertz CT molecular complexity index is 804. The summed E-state index contributed by atoms with van der Waals surface area (Å²) in [5.41, 5.74) is 0.878. The van der Waals surface area contributed by atoms with Crippen LogP contribution in [0, 0.1) is 0 Å². The first kappa shape index (κ1) is 19.5. The van der Waals surface area contributed by atoms with E-state index >= 15 is 0 Å². The number of thioether (sulfide) groups is 1. The zero-order chi connectivity index (χ0) is 19.4. The van der Waals surface area contributed by atoms with Gasteiger partial charge < -0.3 is 19.4 Å². The second-order valence-electron chi connectivity index (χ2n) is 6.55. The molecule has 0 unspecified atom stereocenters. The number of nitrogens with one attached hydrogen (secondary N) is 1. The van der Waals surface area contributed by atoms with E-state index in [4.69, 9.17) is 9.47 Å². The fourth-order valence-corrected chi connectivity index (χ4v) is 3.84. The molecule has 146 valence electrons. The molecule has 1 fully saturated rings. The van der Waals surface area contributed by atoms with E-state index in [1.807, 2.05) is 25.1 Å². The maximum Gasteiger partial charge on any atom is 0.230 e. The van der Waals surface area contributed by atoms with Crippen LogP contribution >= 0.6 is 11.8 Å². The van der Waals surface area contributed by atoms with E-state index in [9.17, 15) is 4.79 Å². The second-order valence-corrected chi connectivity index (χ2v) is 7.49. The Morgan fingerprint density at radius 2 is 2.11 bits per heavy atom. The molecule has 1 amide bonds. The average Bonchev–Trinajstić information content (AvgIpc) is 3.45. The van der Waals surface area contributed by atoms with Gasteiger partial charge in [0.15, 0.2) is 5.16 Å². The summed E-state index contributed by atoms with van der Waals surface area (Å²) in [4.78, 5) is 12.4. The van der Waals surface area contributed by atoms with E-state index in [-0.39, 0.29) is 11.9 Å². The zero-order valence-electron chi connectivity index (χ0n) is 16.2. The molecular weight excluding hydrogens is 364 g/mol. The number of ether oxygens (including phenoxy) is 2. The number of benzene rings is 1. The molecule has 1 saturated carbocycles. The summed E-state index contributed by atoms with van der Waals surface area (Å²) in [6.45, 7) is 4.83. The third-order valence-electron chi connectivity index (χ3n) is 4.62. The topological polar surface area (TPSA) is 78.3 Å². The van der Waals surface area contributed by atoms with Crippen LogP contribution in [-0.2, 0) is 11.3 Å². The van der Waals surface area contributed by atoms with Crippen LogP contribution in [0.5, 0.6) is 11.5 Å². The normalized spacial score (nSPS) is 14.7. The van der Waals surface area contributed by atoms with Gasteiger partial charge in [-0.05, 0) is 44.9 Å². The first-order chi connectivity index (χ1) is 13.1. The molecule has 2 aromatic rings. The predicted molar refractivity (Wildman–Crippen MR) is 104 cm³/mol. The summed E-state index contributed by atoms with van der Waals surface area (Å²) in [6.07, 6.45) is 2.37. The summed E-state index contributed by atoms with van der Waals surface area (Å²) in [5.74, 6) is 3.27. The summed E-state index contributed by atoms with van der Waals surface area (Å²) >= 11 is 1.42. The van der Waals surface area contributed by atoms with Crippen LogP contribution in [0.1, 0.15) is 50.0 Å². The highest BCUT2D eigenvalue weighted by Gasteiger charge is 2.30. The smallest absolute Gasteiger partial charge is 0.230 e. The molecule has 0 spiro atoms. The number of hydrogen-bond donors (Lipinski definition) is 1. The van der Waals surface area contributed by atoms with Crippen LogP contribution in [-0.4, -0.2) is 40.6 Å². The number of carbonyl (C=O) groups is 1. The van der Waals surface area contributed by atoms with E-state index in [0.29, 0.717) is 11.7 Å². The first-order valence-electron chi connectivity index (χ1n) is 9.14. The fraction of sp³-hybridized carbons (Fsp3) is 0.526.